The van der Waals surface area contributed by atoms with Gasteiger partial charge in [-0.15, -0.1) is 12.4 Å². The van der Waals surface area contributed by atoms with Crippen molar-refractivity contribution in [3.05, 3.63) is 71.8 Å². The van der Waals surface area contributed by atoms with E-state index in [9.17, 15) is 9.59 Å². The number of hydrogen-bond acceptors (Lipinski definition) is 5. The quantitative estimate of drug-likeness (QED) is 0.227. The van der Waals surface area contributed by atoms with E-state index in [2.05, 4.69) is 17.6 Å². The molecule has 0 saturated heterocycles. The van der Waals surface area contributed by atoms with Crippen LogP contribution in [0.25, 0.3) is 0 Å². The van der Waals surface area contributed by atoms with Gasteiger partial charge in [0, 0.05) is 6.04 Å². The molecular formula is C30H44ClIN3O4-. The van der Waals surface area contributed by atoms with Gasteiger partial charge in [-0.2, -0.15) is 0 Å². The van der Waals surface area contributed by atoms with Gasteiger partial charge in [0.15, 0.2) is 0 Å². The average Bonchev–Trinajstić information content (AvgIpc) is 2.93. The van der Waals surface area contributed by atoms with E-state index in [0.717, 1.165) is 41.2 Å². The van der Waals surface area contributed by atoms with Crippen LogP contribution in [0.3, 0.4) is 0 Å². The van der Waals surface area contributed by atoms with Crippen LogP contribution in [-0.4, -0.2) is 28.7 Å². The van der Waals surface area contributed by atoms with Crippen molar-refractivity contribution in [2.24, 2.45) is 15.8 Å². The number of alkyl halides is 1. The fourth-order valence-electron chi connectivity index (χ4n) is 5.12. The van der Waals surface area contributed by atoms with Gasteiger partial charge in [-0.1, -0.05) is 50.1 Å². The number of ether oxygens (including phenoxy) is 2. The van der Waals surface area contributed by atoms with Crippen LogP contribution in [0, 0.1) is 11.8 Å². The summed E-state index contributed by atoms with van der Waals surface area (Å²) in [6.45, 7) is 2.91. The Labute approximate surface area is 250 Å². The predicted molar refractivity (Wildman–Crippen MR) is 153 cm³/mol. The van der Waals surface area contributed by atoms with E-state index in [-0.39, 0.29) is 58.2 Å². The van der Waals surface area contributed by atoms with Crippen LogP contribution in [0.2, 0.25) is 0 Å². The number of nitrogens with two attached hydrogens (primary N) is 1. The summed E-state index contributed by atoms with van der Waals surface area (Å²) in [6.07, 6.45) is 8.57. The van der Waals surface area contributed by atoms with Crippen LogP contribution < -0.4 is 36.1 Å². The Balaban J connectivity index is 0.000000268. The fraction of sp³-hybridized carbons (Fsp3) is 0.533. The molecule has 0 bridgehead atoms. The molecule has 2 saturated carbocycles. The molecule has 0 aromatic heterocycles. The molecule has 7 nitrogen and oxygen atoms in total. The summed E-state index contributed by atoms with van der Waals surface area (Å²) in [6, 6.07) is 20.0. The zero-order valence-electron chi connectivity index (χ0n) is 22.9. The molecular weight excluding hydrogens is 629 g/mol. The SMILES string of the molecule is C[C@@H]1CCC[C@H](NC(=O)OCc2ccccc2)C1.Cl.N[I-]C[C@@H]1CCC[C@H](NC(=O)OCc2ccccc2)C1. The minimum atomic E-state index is -0.304. The van der Waals surface area contributed by atoms with E-state index in [1.807, 2.05) is 60.7 Å². The molecule has 2 aliphatic carbocycles. The molecule has 2 amide bonds. The van der Waals surface area contributed by atoms with Crippen LogP contribution >= 0.6 is 12.4 Å². The molecule has 0 heterocycles. The Bertz CT molecular complexity index is 952. The Morgan fingerprint density at radius 3 is 1.77 bits per heavy atom. The van der Waals surface area contributed by atoms with Gasteiger partial charge < -0.3 is 10.1 Å². The van der Waals surface area contributed by atoms with Gasteiger partial charge in [0.05, 0.1) is 0 Å². The van der Waals surface area contributed by atoms with Crippen LogP contribution in [-0.2, 0) is 22.7 Å². The van der Waals surface area contributed by atoms with Crippen LogP contribution in [0.15, 0.2) is 60.7 Å². The van der Waals surface area contributed by atoms with Crippen molar-refractivity contribution < 1.29 is 40.5 Å². The van der Waals surface area contributed by atoms with Crippen molar-refractivity contribution in [3.8, 4) is 0 Å². The third kappa shape index (κ3) is 13.7. The molecule has 0 aliphatic heterocycles. The standard InChI is InChI=1S/C15H22IN2O2.C15H21NO2.ClH/c17-16-10-13-7-4-8-14(9-13)18-15(19)20-11-12-5-2-1-3-6-12;1-12-6-5-9-14(10-12)16-15(17)18-11-13-7-3-2-4-8-13;/h1-3,5-6,13-14H,4,7-11,17H2,(H,18,19);2-4,7-8,12,14H,5-6,9-11H2,1H3,(H,16,17);1H/q-1;;/t13-,14+;12-,14+;/m11./s1. The fourth-order valence-corrected chi connectivity index (χ4v) is 6.64. The third-order valence-electron chi connectivity index (χ3n) is 7.10. The summed E-state index contributed by atoms with van der Waals surface area (Å²) in [5.41, 5.74) is 2.03. The summed E-state index contributed by atoms with van der Waals surface area (Å²) in [7, 11) is 0. The van der Waals surface area contributed by atoms with Crippen molar-refractivity contribution >= 4 is 24.6 Å². The molecule has 4 rings (SSSR count). The number of alkyl carbamates (subject to hydrolysis) is 2. The molecule has 4 N–H and O–H groups in total. The molecule has 218 valence electrons. The zero-order chi connectivity index (χ0) is 27.0. The molecule has 39 heavy (non-hydrogen) atoms. The van der Waals surface area contributed by atoms with Gasteiger partial charge in [-0.3, -0.25) is 0 Å². The van der Waals surface area contributed by atoms with E-state index in [1.54, 1.807) is 0 Å². The first-order chi connectivity index (χ1) is 18.5. The van der Waals surface area contributed by atoms with Gasteiger partial charge in [0.2, 0.25) is 0 Å². The first-order valence-electron chi connectivity index (χ1n) is 13.7. The summed E-state index contributed by atoms with van der Waals surface area (Å²) < 4.78 is 17.4. The third-order valence-corrected chi connectivity index (χ3v) is 8.85. The van der Waals surface area contributed by atoms with Crippen molar-refractivity contribution in [1.29, 1.82) is 0 Å². The van der Waals surface area contributed by atoms with Crippen molar-refractivity contribution in [2.75, 3.05) is 4.43 Å². The number of carbonyl (C=O) groups excluding carboxylic acids is 2. The molecule has 0 spiro atoms. The molecule has 2 aromatic rings. The van der Waals surface area contributed by atoms with E-state index < -0.39 is 0 Å². The van der Waals surface area contributed by atoms with E-state index in [1.165, 1.54) is 25.7 Å². The Hall–Kier alpha value is -2.04. The topological polar surface area (TPSA) is 103 Å². The normalized spacial score (nSPS) is 22.3. The molecule has 0 radical (unpaired) electrons. The molecule has 0 unspecified atom stereocenters. The monoisotopic (exact) mass is 672 g/mol. The molecule has 4 atom stereocenters. The maximum absolute atomic E-state index is 11.8. The summed E-state index contributed by atoms with van der Waals surface area (Å²) >= 11 is -0.140. The van der Waals surface area contributed by atoms with E-state index >= 15 is 0 Å². The van der Waals surface area contributed by atoms with Crippen molar-refractivity contribution in [1.82, 2.24) is 10.6 Å². The Morgan fingerprint density at radius 2 is 1.28 bits per heavy atom. The summed E-state index contributed by atoms with van der Waals surface area (Å²) in [5.74, 6) is 1.40. The van der Waals surface area contributed by atoms with Crippen molar-refractivity contribution in [2.45, 2.75) is 83.6 Å². The Morgan fingerprint density at radius 1 is 0.795 bits per heavy atom. The zero-order valence-corrected chi connectivity index (χ0v) is 25.8. The van der Waals surface area contributed by atoms with Gasteiger partial charge in [-0.05, 0) is 24.3 Å². The number of halogens is 2. The molecule has 9 heteroatoms. The van der Waals surface area contributed by atoms with Crippen LogP contribution in [0.1, 0.15) is 69.4 Å². The predicted octanol–water partition coefficient (Wildman–Crippen LogP) is 3.35. The maximum atomic E-state index is 11.8. The summed E-state index contributed by atoms with van der Waals surface area (Å²) in [5, 5.41) is 5.95. The first-order valence-corrected chi connectivity index (χ1v) is 16.5. The van der Waals surface area contributed by atoms with Crippen molar-refractivity contribution in [3.63, 3.8) is 0 Å². The van der Waals surface area contributed by atoms with Gasteiger partial charge in [0.25, 0.3) is 0 Å². The van der Waals surface area contributed by atoms with Crippen LogP contribution in [0.5, 0.6) is 0 Å². The molecule has 2 fully saturated rings. The average molecular weight is 673 g/mol. The van der Waals surface area contributed by atoms with E-state index in [4.69, 9.17) is 13.4 Å². The number of rotatable bonds is 8. The van der Waals surface area contributed by atoms with Gasteiger partial charge in [0.1, 0.15) is 6.61 Å². The van der Waals surface area contributed by atoms with Gasteiger partial charge in [-0.25, -0.2) is 4.79 Å². The summed E-state index contributed by atoms with van der Waals surface area (Å²) in [4.78, 5) is 23.5. The number of benzene rings is 2. The number of amides is 2. The second kappa shape index (κ2) is 19.1. The molecule has 2 aliphatic rings. The second-order valence-electron chi connectivity index (χ2n) is 10.4. The first kappa shape index (κ1) is 33.2. The second-order valence-corrected chi connectivity index (χ2v) is 12.2. The minimum absolute atomic E-state index is 0. The van der Waals surface area contributed by atoms with Gasteiger partial charge >= 0.3 is 137 Å². The number of nitrogens with one attached hydrogen (secondary N) is 2. The van der Waals surface area contributed by atoms with Crippen LogP contribution in [0.4, 0.5) is 9.59 Å². The molecule has 2 aromatic carbocycles. The van der Waals surface area contributed by atoms with E-state index in [0.29, 0.717) is 25.0 Å². The number of carbonyl (C=O) groups is 2. The number of hydrogen-bond donors (Lipinski definition) is 3. The Kier molecular flexibility index (Phi) is 16.3.